The Balaban J connectivity index is 1.50. The number of nitrogens with zero attached hydrogens (tertiary/aromatic N) is 2. The molecule has 0 amide bonds. The van der Waals surface area contributed by atoms with Gasteiger partial charge in [0.2, 0.25) is 0 Å². The number of hydrogen-bond acceptors (Lipinski definition) is 2. The first-order valence-electron chi connectivity index (χ1n) is 8.07. The maximum absolute atomic E-state index is 5.82. The predicted octanol–water partition coefficient (Wildman–Crippen LogP) is 4.94. The lowest BCUT2D eigenvalue weighted by molar-refractivity contribution is 0.474. The molecule has 0 aliphatic carbocycles. The molecule has 3 rings (SSSR count). The van der Waals surface area contributed by atoms with E-state index in [1.54, 1.807) is 0 Å². The number of aryl methyl sites for hydroxylation is 1. The van der Waals surface area contributed by atoms with Gasteiger partial charge < -0.3 is 9.30 Å². The molecular weight excluding hydrogens is 284 g/mol. The molecule has 23 heavy (non-hydrogen) atoms. The molecule has 0 bridgehead atoms. The summed E-state index contributed by atoms with van der Waals surface area (Å²) in [6.45, 7) is 3.32. The van der Waals surface area contributed by atoms with Crippen LogP contribution in [0.25, 0.3) is 0 Å². The van der Waals surface area contributed by atoms with Gasteiger partial charge in [-0.3, -0.25) is 0 Å². The molecule has 0 saturated heterocycles. The quantitative estimate of drug-likeness (QED) is 0.618. The second-order valence-corrected chi connectivity index (χ2v) is 5.96. The Morgan fingerprint density at radius 3 is 2.43 bits per heavy atom. The van der Waals surface area contributed by atoms with Gasteiger partial charge in [0.05, 0.1) is 6.33 Å². The lowest BCUT2D eigenvalue weighted by atomic mass is 9.98. The van der Waals surface area contributed by atoms with E-state index in [1.807, 2.05) is 61.2 Å². The van der Waals surface area contributed by atoms with Gasteiger partial charge >= 0.3 is 0 Å². The van der Waals surface area contributed by atoms with Crippen molar-refractivity contribution in [2.45, 2.75) is 26.3 Å². The van der Waals surface area contributed by atoms with Gasteiger partial charge in [0.25, 0.3) is 0 Å². The van der Waals surface area contributed by atoms with E-state index in [4.69, 9.17) is 4.74 Å². The summed E-state index contributed by atoms with van der Waals surface area (Å²) in [5.41, 5.74) is 1.35. The predicted molar refractivity (Wildman–Crippen MR) is 92.7 cm³/mol. The molecule has 3 nitrogen and oxygen atoms in total. The van der Waals surface area contributed by atoms with E-state index in [-0.39, 0.29) is 0 Å². The monoisotopic (exact) mass is 306 g/mol. The lowest BCUT2D eigenvalue weighted by Gasteiger charge is -2.12. The van der Waals surface area contributed by atoms with Crippen molar-refractivity contribution in [1.82, 2.24) is 9.55 Å². The van der Waals surface area contributed by atoms with E-state index in [1.165, 1.54) is 5.56 Å². The normalized spacial score (nSPS) is 12.0. The van der Waals surface area contributed by atoms with E-state index in [2.05, 4.69) is 28.6 Å². The molecule has 1 aromatic heterocycles. The summed E-state index contributed by atoms with van der Waals surface area (Å²) in [5, 5.41) is 0. The van der Waals surface area contributed by atoms with Crippen molar-refractivity contribution >= 4 is 0 Å². The van der Waals surface area contributed by atoms with Crippen LogP contribution in [-0.2, 0) is 13.0 Å². The molecule has 1 unspecified atom stereocenters. The summed E-state index contributed by atoms with van der Waals surface area (Å²) in [7, 11) is 0. The number of benzene rings is 2. The second-order valence-electron chi connectivity index (χ2n) is 5.96. The zero-order valence-electron chi connectivity index (χ0n) is 13.4. The van der Waals surface area contributed by atoms with Crippen LogP contribution in [-0.4, -0.2) is 9.55 Å². The first kappa shape index (κ1) is 15.3. The Kier molecular flexibility index (Phi) is 5.09. The number of ether oxygens (including phenoxy) is 1. The molecule has 0 radical (unpaired) electrons. The Bertz CT molecular complexity index is 690. The average molecular weight is 306 g/mol. The average Bonchev–Trinajstić information content (AvgIpc) is 3.09. The molecule has 0 spiro atoms. The Labute approximate surface area is 137 Å². The van der Waals surface area contributed by atoms with E-state index in [0.29, 0.717) is 5.92 Å². The zero-order chi connectivity index (χ0) is 15.9. The summed E-state index contributed by atoms with van der Waals surface area (Å²) in [5.74, 6) is 2.39. The molecule has 1 atom stereocenters. The summed E-state index contributed by atoms with van der Waals surface area (Å²) in [4.78, 5) is 4.08. The number of hydrogen-bond donors (Lipinski definition) is 0. The molecule has 3 aromatic rings. The van der Waals surface area contributed by atoms with Gasteiger partial charge in [-0.2, -0.15) is 0 Å². The highest BCUT2D eigenvalue weighted by Crippen LogP contribution is 2.22. The number of rotatable bonds is 7. The van der Waals surface area contributed by atoms with E-state index < -0.39 is 0 Å². The van der Waals surface area contributed by atoms with Crippen LogP contribution in [0.1, 0.15) is 18.9 Å². The third-order valence-electron chi connectivity index (χ3n) is 3.93. The van der Waals surface area contributed by atoms with Crippen molar-refractivity contribution in [3.63, 3.8) is 0 Å². The Hall–Kier alpha value is -2.55. The summed E-state index contributed by atoms with van der Waals surface area (Å²) in [6, 6.07) is 18.3. The minimum absolute atomic E-state index is 0.637. The topological polar surface area (TPSA) is 27.1 Å². The van der Waals surface area contributed by atoms with Crippen LogP contribution < -0.4 is 4.74 Å². The first-order valence-corrected chi connectivity index (χ1v) is 8.07. The SMILES string of the molecule is CC(CCn1ccnc1)Cc1ccc(Oc2ccccc2)cc1. The fourth-order valence-corrected chi connectivity index (χ4v) is 2.61. The highest BCUT2D eigenvalue weighted by atomic mass is 16.5. The van der Waals surface area contributed by atoms with Crippen LogP contribution in [0.5, 0.6) is 11.5 Å². The van der Waals surface area contributed by atoms with Crippen molar-refractivity contribution in [2.75, 3.05) is 0 Å². The van der Waals surface area contributed by atoms with Crippen LogP contribution in [0.15, 0.2) is 73.3 Å². The van der Waals surface area contributed by atoms with Crippen LogP contribution in [0.3, 0.4) is 0 Å². The molecular formula is C20H22N2O. The van der Waals surface area contributed by atoms with Crippen molar-refractivity contribution in [1.29, 1.82) is 0 Å². The van der Waals surface area contributed by atoms with Crippen molar-refractivity contribution in [3.8, 4) is 11.5 Å². The van der Waals surface area contributed by atoms with Crippen molar-refractivity contribution < 1.29 is 4.74 Å². The van der Waals surface area contributed by atoms with Crippen molar-refractivity contribution in [3.05, 3.63) is 78.9 Å². The van der Waals surface area contributed by atoms with Crippen LogP contribution in [0.2, 0.25) is 0 Å². The fraction of sp³-hybridized carbons (Fsp3) is 0.250. The Morgan fingerprint density at radius 1 is 1.00 bits per heavy atom. The lowest BCUT2D eigenvalue weighted by Crippen LogP contribution is -2.05. The molecule has 118 valence electrons. The molecule has 1 heterocycles. The zero-order valence-corrected chi connectivity index (χ0v) is 13.4. The third kappa shape index (κ3) is 4.71. The molecule has 3 heteroatoms. The standard InChI is InChI=1S/C20H22N2O/c1-17(11-13-22-14-12-21-16-22)15-18-7-9-20(10-8-18)23-19-5-3-2-4-6-19/h2-10,12,14,16-17H,11,13,15H2,1H3. The van der Waals surface area contributed by atoms with E-state index >= 15 is 0 Å². The van der Waals surface area contributed by atoms with Gasteiger partial charge in [-0.1, -0.05) is 37.3 Å². The summed E-state index contributed by atoms with van der Waals surface area (Å²) < 4.78 is 7.96. The van der Waals surface area contributed by atoms with E-state index in [9.17, 15) is 0 Å². The molecule has 0 saturated carbocycles. The highest BCUT2D eigenvalue weighted by Gasteiger charge is 2.05. The number of para-hydroxylation sites is 1. The van der Waals surface area contributed by atoms with Gasteiger partial charge in [-0.15, -0.1) is 0 Å². The third-order valence-corrected chi connectivity index (χ3v) is 3.93. The summed E-state index contributed by atoms with van der Waals surface area (Å²) >= 11 is 0. The minimum Gasteiger partial charge on any atom is -0.457 e. The molecule has 2 aromatic carbocycles. The number of aromatic nitrogens is 2. The van der Waals surface area contributed by atoms with Crippen LogP contribution >= 0.6 is 0 Å². The molecule has 0 aliphatic rings. The van der Waals surface area contributed by atoms with Crippen molar-refractivity contribution in [2.24, 2.45) is 5.92 Å². The minimum atomic E-state index is 0.637. The molecule has 0 aliphatic heterocycles. The van der Waals surface area contributed by atoms with Gasteiger partial charge in [0.1, 0.15) is 11.5 Å². The summed E-state index contributed by atoms with van der Waals surface area (Å²) in [6.07, 6.45) is 7.96. The number of imidazole rings is 1. The van der Waals surface area contributed by atoms with E-state index in [0.717, 1.165) is 30.9 Å². The maximum atomic E-state index is 5.82. The second kappa shape index (κ2) is 7.63. The Morgan fingerprint density at radius 2 is 1.74 bits per heavy atom. The molecule has 0 N–H and O–H groups in total. The van der Waals surface area contributed by atoms with Gasteiger partial charge in [-0.25, -0.2) is 4.98 Å². The smallest absolute Gasteiger partial charge is 0.127 e. The van der Waals surface area contributed by atoms with Gasteiger partial charge in [0, 0.05) is 18.9 Å². The maximum Gasteiger partial charge on any atom is 0.127 e. The van der Waals surface area contributed by atoms with Gasteiger partial charge in [0.15, 0.2) is 0 Å². The first-order chi connectivity index (χ1) is 11.3. The highest BCUT2D eigenvalue weighted by molar-refractivity contribution is 5.33. The van der Waals surface area contributed by atoms with Gasteiger partial charge in [-0.05, 0) is 48.6 Å². The van der Waals surface area contributed by atoms with Crippen LogP contribution in [0, 0.1) is 5.92 Å². The van der Waals surface area contributed by atoms with Crippen LogP contribution in [0.4, 0.5) is 0 Å². The molecule has 0 fully saturated rings. The largest absolute Gasteiger partial charge is 0.457 e. The fourth-order valence-electron chi connectivity index (χ4n) is 2.61.